The van der Waals surface area contributed by atoms with Crippen molar-refractivity contribution < 1.29 is 5.11 Å². The third-order valence-corrected chi connectivity index (χ3v) is 3.18. The van der Waals surface area contributed by atoms with Crippen LogP contribution in [0, 0.1) is 0 Å². The largest absolute Gasteiger partial charge is 0.395 e. The van der Waals surface area contributed by atoms with Gasteiger partial charge in [-0.1, -0.05) is 12.7 Å². The summed E-state index contributed by atoms with van der Waals surface area (Å²) < 4.78 is 0. The minimum atomic E-state index is 0.252. The van der Waals surface area contributed by atoms with Gasteiger partial charge in [0.1, 0.15) is 0 Å². The summed E-state index contributed by atoms with van der Waals surface area (Å²) in [5.41, 5.74) is 2.07. The zero-order valence-corrected chi connectivity index (χ0v) is 11.6. The Morgan fingerprint density at radius 1 is 1.28 bits per heavy atom. The summed E-state index contributed by atoms with van der Waals surface area (Å²) >= 11 is 0. The molecule has 0 aromatic heterocycles. The second-order valence-corrected chi connectivity index (χ2v) is 4.69. The molecule has 0 aliphatic carbocycles. The number of nitrogens with zero attached hydrogens (tertiary/aromatic N) is 3. The number of hydrogen-bond acceptors (Lipinski definition) is 4. The van der Waals surface area contributed by atoms with E-state index in [0.717, 1.165) is 50.5 Å². The molecule has 0 unspecified atom stereocenters. The first kappa shape index (κ1) is 15.1. The van der Waals surface area contributed by atoms with E-state index in [1.165, 1.54) is 0 Å². The molecule has 18 heavy (non-hydrogen) atoms. The van der Waals surface area contributed by atoms with Gasteiger partial charge in [-0.25, -0.2) is 0 Å². The van der Waals surface area contributed by atoms with Crippen LogP contribution in [-0.4, -0.2) is 67.0 Å². The summed E-state index contributed by atoms with van der Waals surface area (Å²) in [6, 6.07) is 0. The Kier molecular flexibility index (Phi) is 6.86. The third-order valence-electron chi connectivity index (χ3n) is 3.18. The van der Waals surface area contributed by atoms with Crippen LogP contribution in [0.1, 0.15) is 13.8 Å². The molecule has 1 aliphatic heterocycles. The van der Waals surface area contributed by atoms with E-state index in [9.17, 15) is 0 Å². The van der Waals surface area contributed by atoms with Gasteiger partial charge in [0.25, 0.3) is 0 Å². The predicted molar refractivity (Wildman–Crippen MR) is 77.0 cm³/mol. The molecule has 4 heteroatoms. The van der Waals surface area contributed by atoms with Gasteiger partial charge in [-0.3, -0.25) is 14.8 Å². The minimum Gasteiger partial charge on any atom is -0.395 e. The van der Waals surface area contributed by atoms with Crippen molar-refractivity contribution in [1.29, 1.82) is 0 Å². The van der Waals surface area contributed by atoms with Crippen molar-refractivity contribution in [2.75, 3.05) is 45.9 Å². The summed E-state index contributed by atoms with van der Waals surface area (Å²) in [7, 11) is 0. The molecule has 0 aromatic carbocycles. The van der Waals surface area contributed by atoms with Gasteiger partial charge in [-0.2, -0.15) is 0 Å². The zero-order chi connectivity index (χ0) is 13.4. The standard InChI is InChI=1S/C14H25N3O/c1-4-14(3)15-11-13(2)12-17-7-5-16(6-8-17)9-10-18/h4,11,18H,2,5-10,12H2,1,3H3/b14-4-,15-11?. The molecule has 0 radical (unpaired) electrons. The Balaban J connectivity index is 2.28. The highest BCUT2D eigenvalue weighted by molar-refractivity contribution is 5.78. The van der Waals surface area contributed by atoms with E-state index in [1.54, 1.807) is 0 Å². The van der Waals surface area contributed by atoms with E-state index in [0.29, 0.717) is 0 Å². The molecular weight excluding hydrogens is 226 g/mol. The average Bonchev–Trinajstić information content (AvgIpc) is 2.38. The van der Waals surface area contributed by atoms with Crippen LogP contribution in [0.3, 0.4) is 0 Å². The van der Waals surface area contributed by atoms with Gasteiger partial charge in [0.05, 0.1) is 6.61 Å². The third kappa shape index (κ3) is 5.58. The minimum absolute atomic E-state index is 0.252. The Morgan fingerprint density at radius 3 is 2.44 bits per heavy atom. The summed E-state index contributed by atoms with van der Waals surface area (Å²) in [6.07, 6.45) is 3.84. The maximum absolute atomic E-state index is 8.88. The van der Waals surface area contributed by atoms with Gasteiger partial charge in [-0.15, -0.1) is 0 Å². The lowest BCUT2D eigenvalue weighted by atomic mass is 10.2. The van der Waals surface area contributed by atoms with E-state index in [-0.39, 0.29) is 6.61 Å². The number of allylic oxidation sites excluding steroid dienone is 2. The summed E-state index contributed by atoms with van der Waals surface area (Å²) in [4.78, 5) is 8.99. The van der Waals surface area contributed by atoms with Crippen LogP contribution in [0.5, 0.6) is 0 Å². The first-order valence-corrected chi connectivity index (χ1v) is 6.56. The fraction of sp³-hybridized carbons (Fsp3) is 0.643. The number of β-amino-alcohol motifs (C(OH)–C–C–N with tert-alkyl or cyclic N) is 1. The summed E-state index contributed by atoms with van der Waals surface area (Å²) in [6.45, 7) is 14.1. The number of rotatable bonds is 6. The number of aliphatic hydroxyl groups is 1. The smallest absolute Gasteiger partial charge is 0.0558 e. The molecule has 1 aliphatic rings. The molecule has 1 N–H and O–H groups in total. The molecule has 0 spiro atoms. The molecule has 0 saturated carbocycles. The van der Waals surface area contributed by atoms with Crippen LogP contribution in [-0.2, 0) is 0 Å². The monoisotopic (exact) mass is 251 g/mol. The molecule has 1 fully saturated rings. The number of aliphatic imine (C=N–C) groups is 1. The van der Waals surface area contributed by atoms with Gasteiger partial charge in [-0.05, 0) is 19.4 Å². The van der Waals surface area contributed by atoms with E-state index < -0.39 is 0 Å². The van der Waals surface area contributed by atoms with Crippen LogP contribution in [0.25, 0.3) is 0 Å². The van der Waals surface area contributed by atoms with E-state index in [1.807, 2.05) is 26.1 Å². The predicted octanol–water partition coefficient (Wildman–Crippen LogP) is 1.15. The quantitative estimate of drug-likeness (QED) is 0.720. The average molecular weight is 251 g/mol. The SMILES string of the molecule is C=C(C=N/C(C)=C\C)CN1CCN(CCO)CC1. The molecule has 1 rings (SSSR count). The van der Waals surface area contributed by atoms with Gasteiger partial charge < -0.3 is 5.11 Å². The van der Waals surface area contributed by atoms with E-state index in [4.69, 9.17) is 5.11 Å². The van der Waals surface area contributed by atoms with Crippen molar-refractivity contribution in [1.82, 2.24) is 9.80 Å². The Labute approximate surface area is 110 Å². The Hall–Kier alpha value is -0.970. The second-order valence-electron chi connectivity index (χ2n) is 4.69. The molecule has 0 bridgehead atoms. The van der Waals surface area contributed by atoms with Gasteiger partial charge in [0.15, 0.2) is 0 Å². The Morgan fingerprint density at radius 2 is 1.89 bits per heavy atom. The lowest BCUT2D eigenvalue weighted by molar-refractivity contribution is 0.119. The van der Waals surface area contributed by atoms with Gasteiger partial charge >= 0.3 is 0 Å². The Bertz CT molecular complexity index is 315. The highest BCUT2D eigenvalue weighted by Gasteiger charge is 2.15. The summed E-state index contributed by atoms with van der Waals surface area (Å²) in [5, 5.41) is 8.88. The molecule has 0 aromatic rings. The van der Waals surface area contributed by atoms with Gasteiger partial charge in [0.2, 0.25) is 0 Å². The molecule has 102 valence electrons. The van der Waals surface area contributed by atoms with Crippen molar-refractivity contribution in [3.63, 3.8) is 0 Å². The van der Waals surface area contributed by atoms with Crippen LogP contribution in [0.4, 0.5) is 0 Å². The first-order valence-electron chi connectivity index (χ1n) is 6.56. The lowest BCUT2D eigenvalue weighted by Gasteiger charge is -2.34. The summed E-state index contributed by atoms with van der Waals surface area (Å²) in [5.74, 6) is 0. The molecule has 1 saturated heterocycles. The van der Waals surface area contributed by atoms with Crippen LogP contribution >= 0.6 is 0 Å². The molecule has 0 atom stereocenters. The molecule has 0 amide bonds. The molecule has 4 nitrogen and oxygen atoms in total. The van der Waals surface area contributed by atoms with Crippen LogP contribution in [0.2, 0.25) is 0 Å². The van der Waals surface area contributed by atoms with E-state index in [2.05, 4.69) is 21.4 Å². The topological polar surface area (TPSA) is 39.1 Å². The fourth-order valence-corrected chi connectivity index (χ4v) is 1.91. The second kappa shape index (κ2) is 8.19. The number of piperazine rings is 1. The highest BCUT2D eigenvalue weighted by Crippen LogP contribution is 2.04. The zero-order valence-electron chi connectivity index (χ0n) is 11.6. The molecular formula is C14H25N3O. The maximum atomic E-state index is 8.88. The van der Waals surface area contributed by atoms with Crippen molar-refractivity contribution in [3.8, 4) is 0 Å². The molecule has 1 heterocycles. The lowest BCUT2D eigenvalue weighted by Crippen LogP contribution is -2.47. The van der Waals surface area contributed by atoms with Crippen LogP contribution in [0.15, 0.2) is 28.9 Å². The van der Waals surface area contributed by atoms with Crippen molar-refractivity contribution in [3.05, 3.63) is 23.9 Å². The van der Waals surface area contributed by atoms with Gasteiger partial charge in [0, 0.05) is 51.2 Å². The van der Waals surface area contributed by atoms with Crippen LogP contribution < -0.4 is 0 Å². The fourth-order valence-electron chi connectivity index (χ4n) is 1.91. The highest BCUT2D eigenvalue weighted by atomic mass is 16.3. The maximum Gasteiger partial charge on any atom is 0.0558 e. The normalized spacial score (nSPS) is 19.6. The number of hydrogen-bond donors (Lipinski definition) is 1. The van der Waals surface area contributed by atoms with Crippen molar-refractivity contribution >= 4 is 6.21 Å². The van der Waals surface area contributed by atoms with Crippen molar-refractivity contribution in [2.45, 2.75) is 13.8 Å². The van der Waals surface area contributed by atoms with E-state index >= 15 is 0 Å². The number of aliphatic hydroxyl groups excluding tert-OH is 1. The first-order chi connectivity index (χ1) is 8.65. The van der Waals surface area contributed by atoms with Crippen molar-refractivity contribution in [2.24, 2.45) is 4.99 Å².